The third-order valence-corrected chi connectivity index (χ3v) is 9.23. The van der Waals surface area contributed by atoms with Gasteiger partial charge in [-0.2, -0.15) is 14.7 Å². The number of carbonyl (C=O) groups is 1. The first-order valence-corrected chi connectivity index (χ1v) is 15.6. The number of nitrogens with one attached hydrogen (secondary N) is 1. The number of para-hydroxylation sites is 1. The summed E-state index contributed by atoms with van der Waals surface area (Å²) in [5.74, 6) is 0.587. The number of hydrogen-bond donors (Lipinski definition) is 1. The van der Waals surface area contributed by atoms with Crippen LogP contribution < -0.4 is 10.1 Å². The second-order valence-electron chi connectivity index (χ2n) is 10.4. The fourth-order valence-corrected chi connectivity index (χ4v) is 6.43. The van der Waals surface area contributed by atoms with Crippen molar-refractivity contribution in [2.45, 2.75) is 31.6 Å². The Morgan fingerprint density at radius 3 is 2.47 bits per heavy atom. The molecule has 0 bridgehead atoms. The molecule has 220 valence electrons. The SMILES string of the molecule is CCOc1ccc(NC(=O)C(C#N)=Cc2cn(-c3ccccc3)nc2-c2cccc(S(=O)(=O)N3CCC(C)CC3)c2)cc1. The highest BCUT2D eigenvalue weighted by atomic mass is 32.2. The predicted molar refractivity (Wildman–Crippen MR) is 166 cm³/mol. The van der Waals surface area contributed by atoms with E-state index in [1.165, 1.54) is 10.4 Å². The van der Waals surface area contributed by atoms with Gasteiger partial charge >= 0.3 is 0 Å². The molecule has 0 unspecified atom stereocenters. The van der Waals surface area contributed by atoms with E-state index in [0.29, 0.717) is 53.9 Å². The number of amides is 1. The molecule has 0 atom stereocenters. The average molecular weight is 596 g/mol. The van der Waals surface area contributed by atoms with Crippen LogP contribution in [0.2, 0.25) is 0 Å². The molecule has 1 aromatic heterocycles. The van der Waals surface area contributed by atoms with E-state index in [2.05, 4.69) is 12.2 Å². The van der Waals surface area contributed by atoms with E-state index >= 15 is 0 Å². The van der Waals surface area contributed by atoms with Crippen molar-refractivity contribution in [3.63, 3.8) is 0 Å². The third kappa shape index (κ3) is 6.85. The van der Waals surface area contributed by atoms with Gasteiger partial charge in [-0.1, -0.05) is 37.3 Å². The van der Waals surface area contributed by atoms with Crippen molar-refractivity contribution in [3.05, 3.63) is 96.2 Å². The van der Waals surface area contributed by atoms with Crippen LogP contribution in [0.1, 0.15) is 32.3 Å². The molecule has 0 spiro atoms. The lowest BCUT2D eigenvalue weighted by molar-refractivity contribution is -0.112. The van der Waals surface area contributed by atoms with Crippen LogP contribution in [0.5, 0.6) is 5.75 Å². The molecule has 0 saturated carbocycles. The zero-order valence-electron chi connectivity index (χ0n) is 24.1. The number of piperidine rings is 1. The van der Waals surface area contributed by atoms with E-state index in [-0.39, 0.29) is 10.5 Å². The summed E-state index contributed by atoms with van der Waals surface area (Å²) in [6.45, 7) is 5.52. The summed E-state index contributed by atoms with van der Waals surface area (Å²) < 4.78 is 35.7. The molecule has 0 radical (unpaired) electrons. The van der Waals surface area contributed by atoms with E-state index < -0.39 is 15.9 Å². The molecule has 9 nitrogen and oxygen atoms in total. The standard InChI is InChI=1S/C33H33N5O4S/c1-3-42-30-14-12-28(13-15-30)35-33(39)26(22-34)20-27-23-38(29-9-5-4-6-10-29)36-32(27)25-8-7-11-31(21-25)43(40,41)37-18-16-24(2)17-19-37/h4-15,20-21,23-24H,3,16-19H2,1-2H3,(H,35,39). The van der Waals surface area contributed by atoms with Crippen LogP contribution in [0.4, 0.5) is 5.69 Å². The zero-order chi connectivity index (χ0) is 30.4. The maximum Gasteiger partial charge on any atom is 0.266 e. The van der Waals surface area contributed by atoms with Gasteiger partial charge in [0.1, 0.15) is 23.1 Å². The first-order valence-electron chi connectivity index (χ1n) is 14.2. The molecule has 1 aliphatic rings. The summed E-state index contributed by atoms with van der Waals surface area (Å²) in [6, 6.07) is 24.9. The molecule has 1 amide bonds. The van der Waals surface area contributed by atoms with Crippen LogP contribution in [0.25, 0.3) is 23.0 Å². The molecular weight excluding hydrogens is 562 g/mol. The van der Waals surface area contributed by atoms with Gasteiger partial charge in [0, 0.05) is 36.1 Å². The predicted octanol–water partition coefficient (Wildman–Crippen LogP) is 5.90. The van der Waals surface area contributed by atoms with Gasteiger partial charge in [0.05, 0.1) is 17.2 Å². The van der Waals surface area contributed by atoms with Gasteiger partial charge in [-0.25, -0.2) is 13.1 Å². The molecule has 1 saturated heterocycles. The first kappa shape index (κ1) is 29.8. The third-order valence-electron chi connectivity index (χ3n) is 7.34. The molecule has 2 heterocycles. The lowest BCUT2D eigenvalue weighted by Crippen LogP contribution is -2.37. The Morgan fingerprint density at radius 2 is 1.79 bits per heavy atom. The summed E-state index contributed by atoms with van der Waals surface area (Å²) in [7, 11) is -3.70. The summed E-state index contributed by atoms with van der Waals surface area (Å²) in [5.41, 5.74) is 2.63. The minimum atomic E-state index is -3.70. The first-order chi connectivity index (χ1) is 20.8. The van der Waals surface area contributed by atoms with Crippen molar-refractivity contribution in [2.75, 3.05) is 25.0 Å². The number of nitrogens with zero attached hydrogens (tertiary/aromatic N) is 4. The van der Waals surface area contributed by atoms with Crippen molar-refractivity contribution < 1.29 is 17.9 Å². The van der Waals surface area contributed by atoms with Crippen molar-refractivity contribution >= 4 is 27.7 Å². The normalized spacial score (nSPS) is 14.7. The Labute approximate surface area is 252 Å². The maximum atomic E-state index is 13.5. The zero-order valence-corrected chi connectivity index (χ0v) is 24.9. The average Bonchev–Trinajstić information content (AvgIpc) is 3.45. The van der Waals surface area contributed by atoms with Gasteiger partial charge in [-0.05, 0) is 80.3 Å². The maximum absolute atomic E-state index is 13.5. The fourth-order valence-electron chi connectivity index (χ4n) is 4.91. The van der Waals surface area contributed by atoms with Crippen LogP contribution in [0, 0.1) is 17.2 Å². The van der Waals surface area contributed by atoms with Crippen LogP contribution in [-0.4, -0.2) is 48.1 Å². The smallest absolute Gasteiger partial charge is 0.266 e. The lowest BCUT2D eigenvalue weighted by Gasteiger charge is -2.29. The topological polar surface area (TPSA) is 117 Å². The number of ether oxygens (including phenoxy) is 1. The number of carbonyl (C=O) groups excluding carboxylic acids is 1. The van der Waals surface area contributed by atoms with Crippen molar-refractivity contribution in [1.29, 1.82) is 5.26 Å². The summed E-state index contributed by atoms with van der Waals surface area (Å²) in [6.07, 6.45) is 4.84. The molecule has 1 fully saturated rings. The summed E-state index contributed by atoms with van der Waals surface area (Å²) in [5, 5.41) is 17.5. The van der Waals surface area contributed by atoms with Gasteiger partial charge in [0.2, 0.25) is 10.0 Å². The minimum Gasteiger partial charge on any atom is -0.494 e. The molecule has 43 heavy (non-hydrogen) atoms. The van der Waals surface area contributed by atoms with Crippen molar-refractivity contribution in [3.8, 4) is 28.8 Å². The number of hydrogen-bond acceptors (Lipinski definition) is 6. The molecule has 4 aromatic rings. The number of nitriles is 1. The molecule has 3 aromatic carbocycles. The number of sulfonamides is 1. The van der Waals surface area contributed by atoms with E-state index in [9.17, 15) is 18.5 Å². The number of aromatic nitrogens is 2. The van der Waals surface area contributed by atoms with Crippen LogP contribution in [-0.2, 0) is 14.8 Å². The fraction of sp³-hybridized carbons (Fsp3) is 0.242. The number of benzene rings is 3. The molecular formula is C33H33N5O4S. The molecule has 1 aliphatic heterocycles. The van der Waals surface area contributed by atoms with Gasteiger partial charge in [0.15, 0.2) is 0 Å². The molecule has 10 heteroatoms. The Hall–Kier alpha value is -4.72. The van der Waals surface area contributed by atoms with Gasteiger partial charge in [-0.3, -0.25) is 4.79 Å². The lowest BCUT2D eigenvalue weighted by atomic mass is 10.0. The summed E-state index contributed by atoms with van der Waals surface area (Å²) in [4.78, 5) is 13.3. The second-order valence-corrected chi connectivity index (χ2v) is 12.3. The number of anilines is 1. The van der Waals surface area contributed by atoms with Crippen molar-refractivity contribution in [1.82, 2.24) is 14.1 Å². The Bertz CT molecular complexity index is 1770. The van der Waals surface area contributed by atoms with Crippen LogP contribution in [0.15, 0.2) is 95.5 Å². The Morgan fingerprint density at radius 1 is 1.07 bits per heavy atom. The summed E-state index contributed by atoms with van der Waals surface area (Å²) >= 11 is 0. The highest BCUT2D eigenvalue weighted by molar-refractivity contribution is 7.89. The largest absolute Gasteiger partial charge is 0.494 e. The Balaban J connectivity index is 1.51. The number of rotatable bonds is 9. The van der Waals surface area contributed by atoms with Crippen LogP contribution in [0.3, 0.4) is 0 Å². The van der Waals surface area contributed by atoms with E-state index in [1.54, 1.807) is 59.4 Å². The second kappa shape index (κ2) is 13.1. The Kier molecular flexibility index (Phi) is 9.04. The quantitative estimate of drug-likeness (QED) is 0.190. The molecule has 1 N–H and O–H groups in total. The van der Waals surface area contributed by atoms with E-state index in [4.69, 9.17) is 9.84 Å². The van der Waals surface area contributed by atoms with E-state index in [0.717, 1.165) is 18.5 Å². The highest BCUT2D eigenvalue weighted by Crippen LogP contribution is 2.30. The minimum absolute atomic E-state index is 0.131. The monoisotopic (exact) mass is 595 g/mol. The van der Waals surface area contributed by atoms with Crippen LogP contribution >= 0.6 is 0 Å². The molecule has 0 aliphatic carbocycles. The van der Waals surface area contributed by atoms with Gasteiger partial charge < -0.3 is 10.1 Å². The highest BCUT2D eigenvalue weighted by Gasteiger charge is 2.28. The van der Waals surface area contributed by atoms with Crippen molar-refractivity contribution in [2.24, 2.45) is 5.92 Å². The van der Waals surface area contributed by atoms with Gasteiger partial charge in [0.25, 0.3) is 5.91 Å². The van der Waals surface area contributed by atoms with E-state index in [1.807, 2.05) is 43.3 Å². The van der Waals surface area contributed by atoms with Gasteiger partial charge in [-0.15, -0.1) is 0 Å². The molecule has 5 rings (SSSR count).